The van der Waals surface area contributed by atoms with Gasteiger partial charge in [0.25, 0.3) is 5.69 Å². The molecular weight excluding hydrogens is 296 g/mol. The number of hydrogen-bond donors (Lipinski definition) is 1. The Bertz CT molecular complexity index is 607. The number of nitro benzene ring substituents is 1. The number of halogens is 1. The first-order valence-electron chi connectivity index (χ1n) is 6.93. The van der Waals surface area contributed by atoms with Crippen LogP contribution in [-0.2, 0) is 0 Å². The maximum absolute atomic E-state index is 11.4. The van der Waals surface area contributed by atoms with Gasteiger partial charge in [0, 0.05) is 25.2 Å². The van der Waals surface area contributed by atoms with Gasteiger partial charge in [0.2, 0.25) is 0 Å². The van der Waals surface area contributed by atoms with Crippen molar-refractivity contribution in [2.75, 3.05) is 18.0 Å². The lowest BCUT2D eigenvalue weighted by atomic mass is 10.0. The second-order valence-corrected chi connectivity index (χ2v) is 6.15. The SMILES string of the molecule is O=C(O)c1cc([N+](=O)[O-])cc(Cl)c1N1CC2CCCC2C1. The zero-order valence-electron chi connectivity index (χ0n) is 11.3. The predicted octanol–water partition coefficient (Wildman–Crippen LogP) is 3.18. The number of benzene rings is 1. The highest BCUT2D eigenvalue weighted by molar-refractivity contribution is 6.34. The molecule has 21 heavy (non-hydrogen) atoms. The van der Waals surface area contributed by atoms with Gasteiger partial charge in [-0.3, -0.25) is 10.1 Å². The molecule has 7 heteroatoms. The van der Waals surface area contributed by atoms with E-state index in [2.05, 4.69) is 0 Å². The molecule has 0 spiro atoms. The molecule has 0 aromatic heterocycles. The number of hydrogen-bond acceptors (Lipinski definition) is 4. The number of nitro groups is 1. The smallest absolute Gasteiger partial charge is 0.338 e. The molecule has 1 N–H and O–H groups in total. The summed E-state index contributed by atoms with van der Waals surface area (Å²) in [5.41, 5.74) is 0.0406. The van der Waals surface area contributed by atoms with Crippen LogP contribution in [0.25, 0.3) is 0 Å². The van der Waals surface area contributed by atoms with Crippen molar-refractivity contribution in [1.82, 2.24) is 0 Å². The number of rotatable bonds is 3. The summed E-state index contributed by atoms with van der Waals surface area (Å²) in [7, 11) is 0. The van der Waals surface area contributed by atoms with Crippen LogP contribution in [0.4, 0.5) is 11.4 Å². The van der Waals surface area contributed by atoms with Crippen LogP contribution < -0.4 is 4.90 Å². The topological polar surface area (TPSA) is 83.7 Å². The Morgan fingerprint density at radius 1 is 1.33 bits per heavy atom. The average molecular weight is 311 g/mol. The number of fused-ring (bicyclic) bond motifs is 1. The van der Waals surface area contributed by atoms with Crippen molar-refractivity contribution in [3.63, 3.8) is 0 Å². The molecular formula is C14H15ClN2O4. The van der Waals surface area contributed by atoms with E-state index in [4.69, 9.17) is 11.6 Å². The molecule has 0 radical (unpaired) electrons. The van der Waals surface area contributed by atoms with Crippen LogP contribution >= 0.6 is 11.6 Å². The highest BCUT2D eigenvalue weighted by Crippen LogP contribution is 2.43. The van der Waals surface area contributed by atoms with E-state index in [-0.39, 0.29) is 16.3 Å². The van der Waals surface area contributed by atoms with Crippen LogP contribution in [0.3, 0.4) is 0 Å². The molecule has 1 saturated carbocycles. The first-order valence-corrected chi connectivity index (χ1v) is 7.31. The number of aromatic carboxylic acids is 1. The number of nitrogens with zero attached hydrogens (tertiary/aromatic N) is 2. The van der Waals surface area contributed by atoms with Gasteiger partial charge in [-0.1, -0.05) is 18.0 Å². The molecule has 1 heterocycles. The molecule has 2 unspecified atom stereocenters. The summed E-state index contributed by atoms with van der Waals surface area (Å²) in [6.45, 7) is 1.56. The van der Waals surface area contributed by atoms with Gasteiger partial charge >= 0.3 is 5.97 Å². The van der Waals surface area contributed by atoms with Crippen molar-refractivity contribution >= 4 is 28.9 Å². The molecule has 1 aliphatic heterocycles. The van der Waals surface area contributed by atoms with Crippen molar-refractivity contribution in [3.05, 3.63) is 32.8 Å². The van der Waals surface area contributed by atoms with Gasteiger partial charge in [0.05, 0.1) is 21.2 Å². The zero-order chi connectivity index (χ0) is 15.1. The van der Waals surface area contributed by atoms with Crippen LogP contribution in [0.1, 0.15) is 29.6 Å². The predicted molar refractivity (Wildman–Crippen MR) is 78.1 cm³/mol. The quantitative estimate of drug-likeness (QED) is 0.684. The lowest BCUT2D eigenvalue weighted by Gasteiger charge is -2.22. The molecule has 1 saturated heterocycles. The molecule has 2 aliphatic rings. The largest absolute Gasteiger partial charge is 0.478 e. The van der Waals surface area contributed by atoms with E-state index in [0.29, 0.717) is 17.5 Å². The van der Waals surface area contributed by atoms with Crippen LogP contribution in [0.15, 0.2) is 12.1 Å². The molecule has 6 nitrogen and oxygen atoms in total. The third kappa shape index (κ3) is 2.44. The second kappa shape index (κ2) is 5.18. The van der Waals surface area contributed by atoms with Gasteiger partial charge in [-0.25, -0.2) is 4.79 Å². The summed E-state index contributed by atoms with van der Waals surface area (Å²) in [4.78, 5) is 23.7. The Labute approximate surface area is 126 Å². The molecule has 2 fully saturated rings. The number of non-ortho nitro benzene ring substituents is 1. The van der Waals surface area contributed by atoms with E-state index >= 15 is 0 Å². The van der Waals surface area contributed by atoms with E-state index in [9.17, 15) is 20.0 Å². The number of carbonyl (C=O) groups is 1. The van der Waals surface area contributed by atoms with Crippen LogP contribution in [0.2, 0.25) is 5.02 Å². The molecule has 112 valence electrons. The normalized spacial score (nSPS) is 24.1. The Morgan fingerprint density at radius 2 is 1.95 bits per heavy atom. The Morgan fingerprint density at radius 3 is 2.48 bits per heavy atom. The molecule has 1 aliphatic carbocycles. The molecule has 1 aromatic rings. The van der Waals surface area contributed by atoms with Crippen molar-refractivity contribution in [2.45, 2.75) is 19.3 Å². The number of anilines is 1. The van der Waals surface area contributed by atoms with E-state index in [1.54, 1.807) is 0 Å². The molecule has 0 amide bonds. The molecule has 0 bridgehead atoms. The van der Waals surface area contributed by atoms with Crippen molar-refractivity contribution < 1.29 is 14.8 Å². The van der Waals surface area contributed by atoms with E-state index in [1.165, 1.54) is 12.5 Å². The highest BCUT2D eigenvalue weighted by Gasteiger charge is 2.38. The fourth-order valence-corrected chi connectivity index (χ4v) is 3.93. The summed E-state index contributed by atoms with van der Waals surface area (Å²) in [5.74, 6) is -0.0246. The summed E-state index contributed by atoms with van der Waals surface area (Å²) in [6.07, 6.45) is 3.55. The van der Waals surface area contributed by atoms with Gasteiger partial charge in [0.1, 0.15) is 0 Å². The molecule has 2 atom stereocenters. The first kappa shape index (κ1) is 14.1. The lowest BCUT2D eigenvalue weighted by molar-refractivity contribution is -0.384. The maximum Gasteiger partial charge on any atom is 0.338 e. The monoisotopic (exact) mass is 310 g/mol. The summed E-state index contributed by atoms with van der Waals surface area (Å²) >= 11 is 6.15. The second-order valence-electron chi connectivity index (χ2n) is 5.74. The van der Waals surface area contributed by atoms with Gasteiger partial charge in [0.15, 0.2) is 0 Å². The molecule has 1 aromatic carbocycles. The third-order valence-electron chi connectivity index (χ3n) is 4.53. The van der Waals surface area contributed by atoms with Crippen LogP contribution in [0, 0.1) is 22.0 Å². The third-order valence-corrected chi connectivity index (χ3v) is 4.82. The maximum atomic E-state index is 11.4. The standard InChI is InChI=1S/C14H15ClN2O4/c15-12-5-10(17(20)21)4-11(14(18)19)13(12)16-6-8-2-1-3-9(8)7-16/h4-5,8-9H,1-3,6-7H2,(H,18,19). The van der Waals surface area contributed by atoms with Crippen molar-refractivity contribution in [1.29, 1.82) is 0 Å². The number of carboxylic acids is 1. The zero-order valence-corrected chi connectivity index (χ0v) is 12.0. The van der Waals surface area contributed by atoms with Crippen molar-refractivity contribution in [3.8, 4) is 0 Å². The summed E-state index contributed by atoms with van der Waals surface area (Å²) < 4.78 is 0. The Hall–Kier alpha value is -1.82. The van der Waals surface area contributed by atoms with Gasteiger partial charge in [-0.05, 0) is 24.7 Å². The minimum absolute atomic E-state index is 0.0887. The van der Waals surface area contributed by atoms with Gasteiger partial charge < -0.3 is 10.0 Å². The van der Waals surface area contributed by atoms with E-state index in [0.717, 1.165) is 32.0 Å². The minimum Gasteiger partial charge on any atom is -0.478 e. The fourth-order valence-electron chi connectivity index (χ4n) is 3.59. The van der Waals surface area contributed by atoms with Crippen LogP contribution in [0.5, 0.6) is 0 Å². The Kier molecular flexibility index (Phi) is 3.49. The minimum atomic E-state index is -1.19. The first-order chi connectivity index (χ1) is 9.97. The number of carboxylic acid groups (broad SMARTS) is 1. The Balaban J connectivity index is 2.01. The fraction of sp³-hybridized carbons (Fsp3) is 0.500. The highest BCUT2D eigenvalue weighted by atomic mass is 35.5. The summed E-state index contributed by atoms with van der Waals surface area (Å²) in [6, 6.07) is 2.33. The van der Waals surface area contributed by atoms with Crippen LogP contribution in [-0.4, -0.2) is 29.1 Å². The van der Waals surface area contributed by atoms with Gasteiger partial charge in [-0.15, -0.1) is 0 Å². The lowest BCUT2D eigenvalue weighted by Crippen LogP contribution is -2.23. The van der Waals surface area contributed by atoms with E-state index < -0.39 is 10.9 Å². The molecule has 3 rings (SSSR count). The van der Waals surface area contributed by atoms with Gasteiger partial charge in [-0.2, -0.15) is 0 Å². The van der Waals surface area contributed by atoms with Crippen molar-refractivity contribution in [2.24, 2.45) is 11.8 Å². The average Bonchev–Trinajstić information content (AvgIpc) is 2.98. The van der Waals surface area contributed by atoms with E-state index in [1.807, 2.05) is 4.90 Å². The summed E-state index contributed by atoms with van der Waals surface area (Å²) in [5, 5.41) is 20.4.